The monoisotopic (exact) mass is 701 g/mol. The number of halogens is 1. The van der Waals surface area contributed by atoms with Gasteiger partial charge in [0, 0.05) is 28.1 Å². The van der Waals surface area contributed by atoms with Crippen LogP contribution in [0.2, 0.25) is 0 Å². The van der Waals surface area contributed by atoms with E-state index in [1.165, 1.54) is 17.4 Å². The summed E-state index contributed by atoms with van der Waals surface area (Å²) in [6.07, 6.45) is 2.56. The van der Waals surface area contributed by atoms with E-state index in [0.29, 0.717) is 57.7 Å². The maximum Gasteiger partial charge on any atom is 0.355 e. The van der Waals surface area contributed by atoms with Crippen LogP contribution in [0, 0.1) is 24.6 Å². The van der Waals surface area contributed by atoms with Crippen LogP contribution in [0.5, 0.6) is 5.75 Å². The van der Waals surface area contributed by atoms with Crippen molar-refractivity contribution in [1.29, 1.82) is 0 Å². The van der Waals surface area contributed by atoms with Crippen molar-refractivity contribution in [2.75, 3.05) is 43.0 Å². The number of nitrogens with zero attached hydrogens (tertiary/aromatic N) is 6. The number of aromatic nitrogens is 4. The molecule has 2 aromatic carbocycles. The first-order valence-electron chi connectivity index (χ1n) is 16.2. The van der Waals surface area contributed by atoms with Gasteiger partial charge in [-0.05, 0) is 82.7 Å². The number of quaternary nitrogens is 1. The SMILES string of the molecule is CC[N+](N)(CC)CC#Cc1ccc(OCCCc2sc(N3CCCc4c3nnc(Nc3nc5ccccc5s3)c4C)nc2C(=O)O)c(F)c1. The summed E-state index contributed by atoms with van der Waals surface area (Å²) in [5.74, 6) is 12.1. The van der Waals surface area contributed by atoms with Gasteiger partial charge >= 0.3 is 5.97 Å². The molecule has 1 aliphatic rings. The van der Waals surface area contributed by atoms with Gasteiger partial charge in [0.05, 0.1) is 29.9 Å². The second kappa shape index (κ2) is 14.8. The zero-order valence-corrected chi connectivity index (χ0v) is 29.3. The van der Waals surface area contributed by atoms with Gasteiger partial charge in [-0.1, -0.05) is 29.4 Å². The van der Waals surface area contributed by atoms with Gasteiger partial charge in [-0.3, -0.25) is 0 Å². The molecule has 0 spiro atoms. The van der Waals surface area contributed by atoms with Gasteiger partial charge in [0.25, 0.3) is 0 Å². The van der Waals surface area contributed by atoms with Crippen molar-refractivity contribution in [2.45, 2.75) is 46.5 Å². The molecule has 0 bridgehead atoms. The van der Waals surface area contributed by atoms with Gasteiger partial charge in [-0.2, -0.15) is 5.84 Å². The lowest BCUT2D eigenvalue weighted by atomic mass is 10.0. The minimum Gasteiger partial charge on any atom is -0.491 e. The Morgan fingerprint density at radius 3 is 2.73 bits per heavy atom. The molecular weight excluding hydrogens is 664 g/mol. The number of aromatic carboxylic acids is 1. The highest BCUT2D eigenvalue weighted by atomic mass is 32.1. The average Bonchev–Trinajstić information content (AvgIpc) is 3.72. The molecule has 3 aromatic heterocycles. The highest BCUT2D eigenvalue weighted by Gasteiger charge is 2.28. The fourth-order valence-corrected chi connectivity index (χ4v) is 7.55. The summed E-state index contributed by atoms with van der Waals surface area (Å²) in [5.41, 5.74) is 3.49. The van der Waals surface area contributed by atoms with Gasteiger partial charge in [-0.15, -0.1) is 21.5 Å². The average molecular weight is 702 g/mol. The Bertz CT molecular complexity index is 2020. The Hall–Kier alpha value is -4.68. The number of carbonyl (C=O) groups is 1. The molecule has 5 aromatic rings. The van der Waals surface area contributed by atoms with Crippen molar-refractivity contribution in [2.24, 2.45) is 5.84 Å². The summed E-state index contributed by atoms with van der Waals surface area (Å²) in [4.78, 5) is 23.9. The van der Waals surface area contributed by atoms with E-state index >= 15 is 0 Å². The van der Waals surface area contributed by atoms with Crippen LogP contribution in [-0.4, -0.2) is 68.6 Å². The maximum absolute atomic E-state index is 14.8. The molecule has 0 unspecified atom stereocenters. The van der Waals surface area contributed by atoms with E-state index in [1.807, 2.05) is 49.9 Å². The van der Waals surface area contributed by atoms with Gasteiger partial charge in [0.15, 0.2) is 45.7 Å². The Morgan fingerprint density at radius 1 is 1.16 bits per heavy atom. The Kier molecular flexibility index (Phi) is 10.4. The fourth-order valence-electron chi connectivity index (χ4n) is 5.56. The molecule has 1 aliphatic heterocycles. The lowest BCUT2D eigenvalue weighted by Gasteiger charge is -2.28. The number of benzene rings is 2. The molecule has 6 rings (SSSR count). The zero-order valence-electron chi connectivity index (χ0n) is 27.6. The third-order valence-electron chi connectivity index (χ3n) is 8.65. The highest BCUT2D eigenvalue weighted by molar-refractivity contribution is 7.22. The number of thiazole rings is 2. The van der Waals surface area contributed by atoms with Gasteiger partial charge in [-0.25, -0.2) is 23.7 Å². The van der Waals surface area contributed by atoms with Crippen LogP contribution >= 0.6 is 22.7 Å². The van der Waals surface area contributed by atoms with Crippen LogP contribution in [0.15, 0.2) is 42.5 Å². The number of fused-ring (bicyclic) bond motifs is 2. The smallest absolute Gasteiger partial charge is 0.355 e. The molecule has 0 amide bonds. The van der Waals surface area contributed by atoms with E-state index in [9.17, 15) is 14.3 Å². The summed E-state index contributed by atoms with van der Waals surface area (Å²) in [7, 11) is 0. The first kappa shape index (κ1) is 34.2. The van der Waals surface area contributed by atoms with E-state index in [1.54, 1.807) is 23.5 Å². The summed E-state index contributed by atoms with van der Waals surface area (Å²) < 4.78 is 21.9. The molecule has 49 heavy (non-hydrogen) atoms. The standard InChI is InChI=1S/C35H37FN8O3S2/c1-4-44(37,5-2)19-9-11-23-16-17-27(25(36)21-23)47-20-10-15-29-30(33(45)46)39-35(49-29)43-18-8-12-24-22(3)31(41-42-32(24)43)40-34-38-26-13-6-7-14-28(26)48-34/h6-7,13-14,16-17,21H,4-5,8,10,12,15,18-20,37H2,1-3H3,(H-,38,40,41,45,46)/p+1. The largest absolute Gasteiger partial charge is 0.491 e. The van der Waals surface area contributed by atoms with E-state index in [0.717, 1.165) is 52.4 Å². The molecular formula is C35H38FN8O3S2+. The molecule has 0 aliphatic carbocycles. The summed E-state index contributed by atoms with van der Waals surface area (Å²) in [6, 6.07) is 12.6. The zero-order chi connectivity index (χ0) is 34.5. The first-order valence-corrected chi connectivity index (χ1v) is 17.9. The minimum atomic E-state index is -1.10. The molecule has 4 N–H and O–H groups in total. The van der Waals surface area contributed by atoms with E-state index in [4.69, 9.17) is 10.6 Å². The number of nitrogens with two attached hydrogens (primary N) is 1. The Balaban J connectivity index is 1.11. The lowest BCUT2D eigenvalue weighted by molar-refractivity contribution is -0.930. The number of hydrogen-bond acceptors (Lipinski definition) is 11. The topological polar surface area (TPSA) is 139 Å². The number of anilines is 4. The van der Waals surface area contributed by atoms with E-state index < -0.39 is 11.8 Å². The third kappa shape index (κ3) is 7.65. The van der Waals surface area contributed by atoms with Crippen molar-refractivity contribution in [3.8, 4) is 17.6 Å². The van der Waals surface area contributed by atoms with Crippen LogP contribution < -0.4 is 20.8 Å². The molecule has 0 saturated heterocycles. The minimum absolute atomic E-state index is 0.00584. The van der Waals surface area contributed by atoms with Gasteiger partial charge in [0.1, 0.15) is 0 Å². The van der Waals surface area contributed by atoms with Crippen molar-refractivity contribution >= 4 is 60.8 Å². The molecule has 11 nitrogen and oxygen atoms in total. The van der Waals surface area contributed by atoms with Gasteiger partial charge < -0.3 is 20.1 Å². The number of aryl methyl sites for hydroxylation is 1. The molecule has 254 valence electrons. The predicted octanol–water partition coefficient (Wildman–Crippen LogP) is 6.61. The molecule has 0 fully saturated rings. The number of carboxylic acids is 1. The highest BCUT2D eigenvalue weighted by Crippen LogP contribution is 2.39. The number of rotatable bonds is 12. The molecule has 4 heterocycles. The quantitative estimate of drug-likeness (QED) is 0.0428. The summed E-state index contributed by atoms with van der Waals surface area (Å²) in [5, 5.41) is 23.7. The van der Waals surface area contributed by atoms with Crippen molar-refractivity contribution in [3.63, 3.8) is 0 Å². The fraction of sp³-hybridized carbons (Fsp3) is 0.343. The normalized spacial score (nSPS) is 12.8. The molecule has 14 heteroatoms. The molecule has 0 radical (unpaired) electrons. The van der Waals surface area contributed by atoms with Crippen LogP contribution in [0.4, 0.5) is 26.3 Å². The van der Waals surface area contributed by atoms with E-state index in [2.05, 4.69) is 37.3 Å². The number of carboxylic acid groups (broad SMARTS) is 1. The van der Waals surface area contributed by atoms with Crippen molar-refractivity contribution < 1.29 is 23.6 Å². The summed E-state index contributed by atoms with van der Waals surface area (Å²) >= 11 is 2.88. The first-order chi connectivity index (χ1) is 23.7. The van der Waals surface area contributed by atoms with Crippen LogP contribution in [0.25, 0.3) is 10.2 Å². The Morgan fingerprint density at radius 2 is 1.98 bits per heavy atom. The van der Waals surface area contributed by atoms with Crippen LogP contribution in [0.1, 0.15) is 58.7 Å². The van der Waals surface area contributed by atoms with Crippen LogP contribution in [0.3, 0.4) is 0 Å². The second-order valence-corrected chi connectivity index (χ2v) is 13.9. The van der Waals surface area contributed by atoms with E-state index in [-0.39, 0.29) is 18.1 Å². The third-order valence-corrected chi connectivity index (χ3v) is 10.7. The predicted molar refractivity (Wildman–Crippen MR) is 192 cm³/mol. The number of hydrogen-bond donors (Lipinski definition) is 3. The van der Waals surface area contributed by atoms with Gasteiger partial charge in [0.2, 0.25) is 0 Å². The Labute approximate surface area is 292 Å². The molecule has 0 atom stereocenters. The number of ether oxygens (including phenoxy) is 1. The van der Waals surface area contributed by atoms with Crippen molar-refractivity contribution in [1.82, 2.24) is 20.2 Å². The molecule has 0 saturated carbocycles. The van der Waals surface area contributed by atoms with Crippen LogP contribution in [-0.2, 0) is 12.8 Å². The number of para-hydroxylation sites is 1. The second-order valence-electron chi connectivity index (χ2n) is 11.8. The van der Waals surface area contributed by atoms with Crippen molar-refractivity contribution in [3.05, 3.63) is 75.5 Å². The maximum atomic E-state index is 14.8. The summed E-state index contributed by atoms with van der Waals surface area (Å²) in [6.45, 7) is 8.88. The lowest BCUT2D eigenvalue weighted by Crippen LogP contribution is -2.54. The number of nitrogens with one attached hydrogen (secondary N) is 1.